The van der Waals surface area contributed by atoms with Crippen LogP contribution in [0.3, 0.4) is 0 Å². The number of hydrogen-bond acceptors (Lipinski definition) is 5. The molecule has 1 aromatic heterocycles. The van der Waals surface area contributed by atoms with Crippen LogP contribution in [0.4, 0.5) is 5.13 Å². The lowest BCUT2D eigenvalue weighted by Crippen LogP contribution is -2.39. The minimum atomic E-state index is 0.0132. The predicted molar refractivity (Wildman–Crippen MR) is 99.9 cm³/mol. The third-order valence-corrected chi connectivity index (χ3v) is 7.35. The molecule has 6 heteroatoms. The molecule has 1 amide bonds. The number of carbonyl (C=O) groups excluding carboxylic acids is 1. The molecule has 0 spiro atoms. The third kappa shape index (κ3) is 4.10. The van der Waals surface area contributed by atoms with E-state index in [1.165, 1.54) is 62.7 Å². The first-order chi connectivity index (χ1) is 12.2. The number of carbonyl (C=O) groups is 1. The van der Waals surface area contributed by atoms with E-state index in [1.807, 2.05) is 0 Å². The number of fused-ring (bicyclic) bond motifs is 2. The average molecular weight is 364 g/mol. The third-order valence-electron chi connectivity index (χ3n) is 6.35. The Morgan fingerprint density at radius 1 is 1.16 bits per heavy atom. The SMILES string of the molecule is O=C(Cc1sc(NCC2CCCCC2)nc1O)NC1CC2CCC1C2. The van der Waals surface area contributed by atoms with E-state index in [-0.39, 0.29) is 18.2 Å². The monoisotopic (exact) mass is 363 g/mol. The van der Waals surface area contributed by atoms with Gasteiger partial charge in [-0.1, -0.05) is 37.0 Å². The number of hydrogen-bond donors (Lipinski definition) is 3. The molecule has 0 radical (unpaired) electrons. The van der Waals surface area contributed by atoms with Crippen molar-refractivity contribution in [2.45, 2.75) is 70.3 Å². The van der Waals surface area contributed by atoms with E-state index in [4.69, 9.17) is 0 Å². The van der Waals surface area contributed by atoms with Gasteiger partial charge in [0.05, 0.1) is 11.3 Å². The summed E-state index contributed by atoms with van der Waals surface area (Å²) in [6.45, 7) is 0.920. The van der Waals surface area contributed by atoms with Crippen molar-refractivity contribution >= 4 is 22.4 Å². The molecule has 25 heavy (non-hydrogen) atoms. The molecular weight excluding hydrogens is 334 g/mol. The van der Waals surface area contributed by atoms with Crippen LogP contribution in [0.15, 0.2) is 0 Å². The summed E-state index contributed by atoms with van der Waals surface area (Å²) in [5.74, 6) is 2.25. The highest BCUT2D eigenvalue weighted by Crippen LogP contribution is 2.44. The highest BCUT2D eigenvalue weighted by molar-refractivity contribution is 7.16. The van der Waals surface area contributed by atoms with E-state index >= 15 is 0 Å². The standard InChI is InChI=1S/C19H29N3O2S/c23-17(21-15-9-13-6-7-14(15)8-13)10-16-18(24)22-19(25-16)20-11-12-4-2-1-3-5-12/h12-15,24H,1-11H2,(H,20,22)(H,21,23). The van der Waals surface area contributed by atoms with Gasteiger partial charge in [-0.2, -0.15) is 4.98 Å². The molecule has 2 bridgehead atoms. The van der Waals surface area contributed by atoms with E-state index < -0.39 is 0 Å². The number of aromatic nitrogens is 1. The summed E-state index contributed by atoms with van der Waals surface area (Å²) in [5.41, 5.74) is 0. The van der Waals surface area contributed by atoms with Gasteiger partial charge in [-0.05, 0) is 49.9 Å². The van der Waals surface area contributed by atoms with Gasteiger partial charge in [0.2, 0.25) is 11.8 Å². The van der Waals surface area contributed by atoms with Gasteiger partial charge in [-0.3, -0.25) is 4.79 Å². The maximum absolute atomic E-state index is 12.3. The highest BCUT2D eigenvalue weighted by atomic mass is 32.1. The fourth-order valence-corrected chi connectivity index (χ4v) is 5.84. The van der Waals surface area contributed by atoms with E-state index in [9.17, 15) is 9.90 Å². The van der Waals surface area contributed by atoms with Crippen LogP contribution in [0.1, 0.15) is 62.7 Å². The van der Waals surface area contributed by atoms with Crippen molar-refractivity contribution in [2.24, 2.45) is 17.8 Å². The van der Waals surface area contributed by atoms with Crippen LogP contribution in [-0.4, -0.2) is 28.6 Å². The first-order valence-corrected chi connectivity index (χ1v) is 10.7. The summed E-state index contributed by atoms with van der Waals surface area (Å²) < 4.78 is 0. The van der Waals surface area contributed by atoms with Gasteiger partial charge in [0.25, 0.3) is 0 Å². The lowest BCUT2D eigenvalue weighted by molar-refractivity contribution is -0.121. The van der Waals surface area contributed by atoms with Gasteiger partial charge in [-0.15, -0.1) is 0 Å². The van der Waals surface area contributed by atoms with Crippen LogP contribution in [0.2, 0.25) is 0 Å². The van der Waals surface area contributed by atoms with Crippen LogP contribution >= 0.6 is 11.3 Å². The van der Waals surface area contributed by atoms with E-state index in [2.05, 4.69) is 15.6 Å². The van der Waals surface area contributed by atoms with Gasteiger partial charge in [0.15, 0.2) is 5.13 Å². The lowest BCUT2D eigenvalue weighted by atomic mass is 9.89. The molecule has 3 aliphatic rings. The van der Waals surface area contributed by atoms with Crippen LogP contribution in [0.5, 0.6) is 5.88 Å². The van der Waals surface area contributed by atoms with Crippen LogP contribution in [0.25, 0.3) is 0 Å². The molecule has 0 saturated heterocycles. The van der Waals surface area contributed by atoms with E-state index in [1.54, 1.807) is 0 Å². The van der Waals surface area contributed by atoms with Crippen LogP contribution in [-0.2, 0) is 11.2 Å². The zero-order valence-corrected chi connectivity index (χ0v) is 15.6. The minimum absolute atomic E-state index is 0.0132. The van der Waals surface area contributed by atoms with Gasteiger partial charge in [0.1, 0.15) is 0 Å². The fraction of sp³-hybridized carbons (Fsp3) is 0.789. The minimum Gasteiger partial charge on any atom is -0.492 e. The van der Waals surface area contributed by atoms with Crippen molar-refractivity contribution in [1.29, 1.82) is 0 Å². The zero-order chi connectivity index (χ0) is 17.2. The molecular formula is C19H29N3O2S. The van der Waals surface area contributed by atoms with Crippen LogP contribution < -0.4 is 10.6 Å². The molecule has 4 rings (SSSR count). The fourth-order valence-electron chi connectivity index (χ4n) is 4.98. The maximum atomic E-state index is 12.3. The molecule has 3 aliphatic carbocycles. The normalized spacial score (nSPS) is 29.0. The first-order valence-electron chi connectivity index (χ1n) is 9.89. The summed E-state index contributed by atoms with van der Waals surface area (Å²) in [5, 5.41) is 17.4. The predicted octanol–water partition coefficient (Wildman–Crippen LogP) is 3.69. The Morgan fingerprint density at radius 3 is 2.72 bits per heavy atom. The van der Waals surface area contributed by atoms with Crippen molar-refractivity contribution in [3.05, 3.63) is 4.88 Å². The zero-order valence-electron chi connectivity index (χ0n) is 14.8. The Bertz CT molecular complexity index is 612. The molecule has 3 saturated carbocycles. The largest absolute Gasteiger partial charge is 0.492 e. The lowest BCUT2D eigenvalue weighted by Gasteiger charge is -2.22. The molecule has 3 fully saturated rings. The van der Waals surface area contributed by atoms with Gasteiger partial charge >= 0.3 is 0 Å². The number of rotatable bonds is 6. The topological polar surface area (TPSA) is 74.2 Å². The summed E-state index contributed by atoms with van der Waals surface area (Å²) in [7, 11) is 0. The Balaban J connectivity index is 1.27. The molecule has 1 aromatic rings. The highest BCUT2D eigenvalue weighted by Gasteiger charge is 2.40. The molecule has 3 atom stereocenters. The molecule has 5 nitrogen and oxygen atoms in total. The maximum Gasteiger partial charge on any atom is 0.227 e. The number of nitrogens with one attached hydrogen (secondary N) is 2. The molecule has 0 aromatic carbocycles. The van der Waals surface area contributed by atoms with Crippen molar-refractivity contribution in [1.82, 2.24) is 10.3 Å². The summed E-state index contributed by atoms with van der Waals surface area (Å²) in [6, 6.07) is 0.352. The van der Waals surface area contributed by atoms with Crippen molar-refractivity contribution < 1.29 is 9.90 Å². The number of amides is 1. The van der Waals surface area contributed by atoms with E-state index in [0.29, 0.717) is 22.8 Å². The Labute approximate surface area is 153 Å². The number of nitrogens with zero attached hydrogens (tertiary/aromatic N) is 1. The summed E-state index contributed by atoms with van der Waals surface area (Å²) in [6.07, 6.45) is 11.8. The molecule has 138 valence electrons. The Hall–Kier alpha value is -1.30. The average Bonchev–Trinajstić information content (AvgIpc) is 3.30. The number of anilines is 1. The quantitative estimate of drug-likeness (QED) is 0.721. The van der Waals surface area contributed by atoms with Crippen molar-refractivity contribution in [2.75, 3.05) is 11.9 Å². The molecule has 1 heterocycles. The van der Waals surface area contributed by atoms with E-state index in [0.717, 1.165) is 24.0 Å². The second kappa shape index (κ2) is 7.52. The molecule has 3 unspecified atom stereocenters. The first kappa shape index (κ1) is 17.1. The number of thiazole rings is 1. The van der Waals surface area contributed by atoms with Crippen molar-refractivity contribution in [3.63, 3.8) is 0 Å². The van der Waals surface area contributed by atoms with Gasteiger partial charge in [0, 0.05) is 12.6 Å². The Morgan fingerprint density at radius 2 is 2.00 bits per heavy atom. The summed E-state index contributed by atoms with van der Waals surface area (Å²) in [4.78, 5) is 17.2. The summed E-state index contributed by atoms with van der Waals surface area (Å²) >= 11 is 1.42. The number of aromatic hydroxyl groups is 1. The van der Waals surface area contributed by atoms with Gasteiger partial charge in [-0.25, -0.2) is 0 Å². The molecule has 3 N–H and O–H groups in total. The molecule has 0 aliphatic heterocycles. The smallest absolute Gasteiger partial charge is 0.227 e. The Kier molecular flexibility index (Phi) is 5.15. The van der Waals surface area contributed by atoms with Crippen LogP contribution in [0, 0.1) is 17.8 Å². The van der Waals surface area contributed by atoms with Gasteiger partial charge < -0.3 is 15.7 Å². The second-order valence-corrected chi connectivity index (χ2v) is 9.26. The second-order valence-electron chi connectivity index (χ2n) is 8.18. The van der Waals surface area contributed by atoms with Crippen molar-refractivity contribution in [3.8, 4) is 5.88 Å².